The predicted molar refractivity (Wildman–Crippen MR) is 147 cm³/mol. The molecule has 170 valence electrons. The SMILES string of the molecule is c1ccc(-c2cccc3[nH]c(-c4ccc(-c5nc6c(-c7ccccc7)cccc6[nH]5)cc4)nc23)cc1. The van der Waals surface area contributed by atoms with Crippen molar-refractivity contribution < 1.29 is 0 Å². The van der Waals surface area contributed by atoms with Crippen LogP contribution in [0.2, 0.25) is 0 Å². The van der Waals surface area contributed by atoms with E-state index in [-0.39, 0.29) is 0 Å². The standard InChI is InChI=1S/C32H22N4/c1-3-9-21(10-4-1)25-13-7-15-27-29(25)35-31(33-27)23-17-19-24(20-18-23)32-34-28-16-8-14-26(30(28)36-32)22-11-5-2-6-12-22/h1-20H,(H,33,35)(H,34,36). The zero-order valence-electron chi connectivity index (χ0n) is 19.4. The van der Waals surface area contributed by atoms with Crippen LogP contribution in [0.15, 0.2) is 121 Å². The molecule has 0 aliphatic heterocycles. The third-order valence-corrected chi connectivity index (χ3v) is 6.63. The molecule has 0 amide bonds. The Kier molecular flexibility index (Phi) is 4.74. The second-order valence-electron chi connectivity index (χ2n) is 8.88. The van der Waals surface area contributed by atoms with E-state index in [9.17, 15) is 0 Å². The smallest absolute Gasteiger partial charge is 0.138 e. The molecule has 7 aromatic rings. The molecule has 2 aromatic heterocycles. The number of aromatic amines is 2. The van der Waals surface area contributed by atoms with E-state index in [1.54, 1.807) is 0 Å². The van der Waals surface area contributed by atoms with Gasteiger partial charge >= 0.3 is 0 Å². The predicted octanol–water partition coefficient (Wildman–Crippen LogP) is 8.11. The number of nitrogens with zero attached hydrogens (tertiary/aromatic N) is 2. The van der Waals surface area contributed by atoms with Crippen LogP contribution >= 0.6 is 0 Å². The first-order valence-corrected chi connectivity index (χ1v) is 12.0. The lowest BCUT2D eigenvalue weighted by molar-refractivity contribution is 1.32. The second-order valence-corrected chi connectivity index (χ2v) is 8.88. The monoisotopic (exact) mass is 462 g/mol. The number of benzene rings is 5. The summed E-state index contributed by atoms with van der Waals surface area (Å²) in [5.74, 6) is 1.71. The Balaban J connectivity index is 1.25. The number of nitrogens with one attached hydrogen (secondary N) is 2. The van der Waals surface area contributed by atoms with E-state index >= 15 is 0 Å². The molecule has 0 saturated heterocycles. The van der Waals surface area contributed by atoms with Gasteiger partial charge in [0.05, 0.1) is 22.1 Å². The quantitative estimate of drug-likeness (QED) is 0.278. The molecule has 0 radical (unpaired) electrons. The van der Waals surface area contributed by atoms with E-state index in [0.717, 1.165) is 67.1 Å². The van der Waals surface area contributed by atoms with Gasteiger partial charge in [0.15, 0.2) is 0 Å². The zero-order chi connectivity index (χ0) is 23.9. The van der Waals surface area contributed by atoms with Crippen molar-refractivity contribution in [1.82, 2.24) is 19.9 Å². The summed E-state index contributed by atoms with van der Waals surface area (Å²) in [4.78, 5) is 16.9. The Morgan fingerprint density at radius 2 is 0.778 bits per heavy atom. The van der Waals surface area contributed by atoms with Gasteiger partial charge in [-0.15, -0.1) is 0 Å². The van der Waals surface area contributed by atoms with Crippen molar-refractivity contribution in [1.29, 1.82) is 0 Å². The summed E-state index contributed by atoms with van der Waals surface area (Å²) in [5.41, 5.74) is 10.7. The minimum atomic E-state index is 0.857. The van der Waals surface area contributed by atoms with Crippen molar-refractivity contribution in [3.05, 3.63) is 121 Å². The molecule has 0 aliphatic rings. The van der Waals surface area contributed by atoms with Crippen LogP contribution in [-0.2, 0) is 0 Å². The molecular weight excluding hydrogens is 440 g/mol. The van der Waals surface area contributed by atoms with Crippen molar-refractivity contribution in [3.8, 4) is 45.0 Å². The van der Waals surface area contributed by atoms with E-state index in [1.165, 1.54) is 0 Å². The lowest BCUT2D eigenvalue weighted by Gasteiger charge is -2.02. The van der Waals surface area contributed by atoms with Gasteiger partial charge in [0, 0.05) is 22.3 Å². The number of aromatic nitrogens is 4. The highest BCUT2D eigenvalue weighted by atomic mass is 14.9. The normalized spacial score (nSPS) is 11.3. The van der Waals surface area contributed by atoms with Gasteiger partial charge in [-0.1, -0.05) is 109 Å². The number of hydrogen-bond donors (Lipinski definition) is 2. The van der Waals surface area contributed by atoms with Crippen molar-refractivity contribution in [2.24, 2.45) is 0 Å². The average Bonchev–Trinajstić information content (AvgIpc) is 3.59. The highest BCUT2D eigenvalue weighted by Gasteiger charge is 2.13. The van der Waals surface area contributed by atoms with Gasteiger partial charge in [0.1, 0.15) is 11.6 Å². The minimum Gasteiger partial charge on any atom is -0.338 e. The van der Waals surface area contributed by atoms with E-state index in [0.29, 0.717) is 0 Å². The fraction of sp³-hybridized carbons (Fsp3) is 0. The molecule has 4 heteroatoms. The summed E-state index contributed by atoms with van der Waals surface area (Å²) in [5, 5.41) is 0. The first-order chi connectivity index (χ1) is 17.8. The fourth-order valence-electron chi connectivity index (χ4n) is 4.83. The number of fused-ring (bicyclic) bond motifs is 2. The van der Waals surface area contributed by atoms with Crippen LogP contribution in [-0.4, -0.2) is 19.9 Å². The van der Waals surface area contributed by atoms with E-state index in [4.69, 9.17) is 9.97 Å². The van der Waals surface area contributed by atoms with Crippen LogP contribution in [0.1, 0.15) is 0 Å². The number of H-pyrrole nitrogens is 2. The zero-order valence-corrected chi connectivity index (χ0v) is 19.4. The first kappa shape index (κ1) is 20.4. The molecule has 0 atom stereocenters. The molecule has 5 aromatic carbocycles. The van der Waals surface area contributed by atoms with Crippen molar-refractivity contribution in [2.75, 3.05) is 0 Å². The molecular formula is C32H22N4. The summed E-state index contributed by atoms with van der Waals surface area (Å²) in [6.45, 7) is 0. The largest absolute Gasteiger partial charge is 0.338 e. The Labute approximate surface area is 208 Å². The van der Waals surface area contributed by atoms with Gasteiger partial charge in [-0.25, -0.2) is 9.97 Å². The molecule has 4 nitrogen and oxygen atoms in total. The van der Waals surface area contributed by atoms with Gasteiger partial charge in [-0.05, 0) is 23.3 Å². The van der Waals surface area contributed by atoms with Gasteiger partial charge in [0.25, 0.3) is 0 Å². The molecule has 0 fully saturated rings. The van der Waals surface area contributed by atoms with Crippen LogP contribution in [0.4, 0.5) is 0 Å². The molecule has 0 bridgehead atoms. The van der Waals surface area contributed by atoms with Crippen LogP contribution in [0, 0.1) is 0 Å². The summed E-state index contributed by atoms with van der Waals surface area (Å²) < 4.78 is 0. The highest BCUT2D eigenvalue weighted by molar-refractivity contribution is 5.95. The highest BCUT2D eigenvalue weighted by Crippen LogP contribution is 2.32. The summed E-state index contributed by atoms with van der Waals surface area (Å²) in [7, 11) is 0. The van der Waals surface area contributed by atoms with Crippen molar-refractivity contribution >= 4 is 22.1 Å². The minimum absolute atomic E-state index is 0.857. The van der Waals surface area contributed by atoms with Crippen molar-refractivity contribution in [2.45, 2.75) is 0 Å². The number of rotatable bonds is 4. The third-order valence-electron chi connectivity index (χ3n) is 6.63. The van der Waals surface area contributed by atoms with Gasteiger partial charge in [0.2, 0.25) is 0 Å². The average molecular weight is 463 g/mol. The topological polar surface area (TPSA) is 57.4 Å². The maximum Gasteiger partial charge on any atom is 0.138 e. The summed E-state index contributed by atoms with van der Waals surface area (Å²) >= 11 is 0. The molecule has 0 spiro atoms. The van der Waals surface area contributed by atoms with E-state index < -0.39 is 0 Å². The van der Waals surface area contributed by atoms with Crippen LogP contribution in [0.5, 0.6) is 0 Å². The molecule has 2 heterocycles. The molecule has 0 aliphatic carbocycles. The Morgan fingerprint density at radius 3 is 1.19 bits per heavy atom. The summed E-state index contributed by atoms with van der Waals surface area (Å²) in [6, 6.07) is 41.7. The van der Waals surface area contributed by atoms with Gasteiger partial charge < -0.3 is 9.97 Å². The molecule has 0 unspecified atom stereocenters. The van der Waals surface area contributed by atoms with Gasteiger partial charge in [-0.2, -0.15) is 0 Å². The number of imidazole rings is 2. The van der Waals surface area contributed by atoms with Crippen LogP contribution in [0.25, 0.3) is 67.1 Å². The first-order valence-electron chi connectivity index (χ1n) is 12.0. The maximum absolute atomic E-state index is 4.96. The van der Waals surface area contributed by atoms with Crippen molar-refractivity contribution in [3.63, 3.8) is 0 Å². The van der Waals surface area contributed by atoms with Crippen LogP contribution < -0.4 is 0 Å². The number of para-hydroxylation sites is 2. The lowest BCUT2D eigenvalue weighted by Crippen LogP contribution is -1.84. The Bertz CT molecular complexity index is 1680. The van der Waals surface area contributed by atoms with E-state index in [2.05, 4.69) is 119 Å². The molecule has 7 rings (SSSR count). The molecule has 0 saturated carbocycles. The maximum atomic E-state index is 4.96. The van der Waals surface area contributed by atoms with Gasteiger partial charge in [-0.3, -0.25) is 0 Å². The second kappa shape index (κ2) is 8.36. The fourth-order valence-corrected chi connectivity index (χ4v) is 4.83. The third kappa shape index (κ3) is 3.48. The Morgan fingerprint density at radius 1 is 0.361 bits per heavy atom. The summed E-state index contributed by atoms with van der Waals surface area (Å²) in [6.07, 6.45) is 0. The number of hydrogen-bond acceptors (Lipinski definition) is 2. The van der Waals surface area contributed by atoms with Crippen LogP contribution in [0.3, 0.4) is 0 Å². The molecule has 2 N–H and O–H groups in total. The van der Waals surface area contributed by atoms with E-state index in [1.807, 2.05) is 12.1 Å². The molecule has 36 heavy (non-hydrogen) atoms. The Hall–Kier alpha value is -4.96. The lowest BCUT2D eigenvalue weighted by atomic mass is 10.0.